The van der Waals surface area contributed by atoms with E-state index >= 15 is 0 Å². The van der Waals surface area contributed by atoms with Gasteiger partial charge in [0.25, 0.3) is 0 Å². The Morgan fingerprint density at radius 1 is 1.24 bits per heavy atom. The number of hydrogen-bond acceptors (Lipinski definition) is 5. The Labute approximate surface area is 146 Å². The summed E-state index contributed by atoms with van der Waals surface area (Å²) in [5.41, 5.74) is 1.93. The van der Waals surface area contributed by atoms with Gasteiger partial charge in [-0.15, -0.1) is 0 Å². The highest BCUT2D eigenvalue weighted by atomic mass is 16.6. The fourth-order valence-electron chi connectivity index (χ4n) is 4.73. The van der Waals surface area contributed by atoms with E-state index in [4.69, 9.17) is 9.47 Å². The van der Waals surface area contributed by atoms with Crippen LogP contribution >= 0.6 is 0 Å². The van der Waals surface area contributed by atoms with Crippen molar-refractivity contribution in [3.63, 3.8) is 0 Å². The molecule has 3 aliphatic rings. The number of carbonyl (C=O) groups excluding carboxylic acids is 2. The molecule has 130 valence electrons. The molecule has 2 atom stereocenters. The number of nitriles is 1. The van der Waals surface area contributed by atoms with Crippen LogP contribution in [0.2, 0.25) is 0 Å². The summed E-state index contributed by atoms with van der Waals surface area (Å²) in [5.74, 6) is -0.145. The van der Waals surface area contributed by atoms with Gasteiger partial charge in [-0.05, 0) is 55.7 Å². The summed E-state index contributed by atoms with van der Waals surface area (Å²) in [7, 11) is 1.54. The number of hydrogen-bond donors (Lipinski definition) is 0. The summed E-state index contributed by atoms with van der Waals surface area (Å²) >= 11 is 0. The second-order valence-electron chi connectivity index (χ2n) is 7.24. The first kappa shape index (κ1) is 16.1. The van der Waals surface area contributed by atoms with Crippen molar-refractivity contribution in [3.05, 3.63) is 28.3 Å². The molecule has 0 saturated heterocycles. The molecular formula is C20H21NO4. The van der Waals surface area contributed by atoms with Crippen molar-refractivity contribution < 1.29 is 19.1 Å². The number of methoxy groups -OCH3 is 1. The molecule has 1 aromatic rings. The third-order valence-electron chi connectivity index (χ3n) is 5.89. The third kappa shape index (κ3) is 2.27. The predicted octanol–water partition coefficient (Wildman–Crippen LogP) is 3.22. The minimum atomic E-state index is -1.35. The molecule has 0 aromatic heterocycles. The van der Waals surface area contributed by atoms with Crippen molar-refractivity contribution in [3.8, 4) is 11.8 Å². The van der Waals surface area contributed by atoms with Crippen LogP contribution in [0.25, 0.3) is 0 Å². The lowest BCUT2D eigenvalue weighted by Crippen LogP contribution is -2.38. The molecule has 5 heteroatoms. The number of ketones is 1. The fraction of sp³-hybridized carbons (Fsp3) is 0.550. The number of Topliss-reactive ketones (excluding diaryl/α,β-unsaturated/α-hetero) is 1. The lowest BCUT2D eigenvalue weighted by molar-refractivity contribution is -0.124. The second kappa shape index (κ2) is 5.87. The van der Waals surface area contributed by atoms with Crippen LogP contribution in [0.4, 0.5) is 0 Å². The maximum Gasteiger partial charge on any atom is 0.344 e. The van der Waals surface area contributed by atoms with Crippen LogP contribution < -0.4 is 4.74 Å². The summed E-state index contributed by atoms with van der Waals surface area (Å²) in [5, 5.41) is 10.1. The van der Waals surface area contributed by atoms with E-state index in [0.29, 0.717) is 29.7 Å². The van der Waals surface area contributed by atoms with Gasteiger partial charge in [0.05, 0.1) is 7.11 Å². The Hall–Kier alpha value is -2.35. The minimum Gasteiger partial charge on any atom is -0.496 e. The number of ether oxygens (including phenoxy) is 2. The average molecular weight is 339 g/mol. The van der Waals surface area contributed by atoms with Crippen LogP contribution in [-0.4, -0.2) is 18.9 Å². The van der Waals surface area contributed by atoms with Gasteiger partial charge in [0.15, 0.2) is 0 Å². The Balaban J connectivity index is 1.96. The minimum absolute atomic E-state index is 0.145. The lowest BCUT2D eigenvalue weighted by Gasteiger charge is -2.35. The zero-order chi connectivity index (χ0) is 17.6. The normalized spacial score (nSPS) is 27.9. The van der Waals surface area contributed by atoms with Crippen molar-refractivity contribution in [2.75, 3.05) is 7.11 Å². The van der Waals surface area contributed by atoms with Crippen molar-refractivity contribution in [1.29, 1.82) is 5.26 Å². The van der Waals surface area contributed by atoms with Crippen LogP contribution in [0.5, 0.6) is 5.75 Å². The first-order valence-electron chi connectivity index (χ1n) is 9.00. The number of aryl methyl sites for hydroxylation is 1. The number of fused-ring (bicyclic) bond motifs is 3. The number of rotatable bonds is 2. The fourth-order valence-corrected chi connectivity index (χ4v) is 4.73. The van der Waals surface area contributed by atoms with Gasteiger partial charge in [0.1, 0.15) is 23.2 Å². The summed E-state index contributed by atoms with van der Waals surface area (Å²) in [6.07, 6.45) is 6.18. The van der Waals surface area contributed by atoms with E-state index in [-0.39, 0.29) is 11.7 Å². The van der Waals surface area contributed by atoms with Gasteiger partial charge in [-0.2, -0.15) is 5.26 Å². The van der Waals surface area contributed by atoms with E-state index < -0.39 is 11.6 Å². The lowest BCUT2D eigenvalue weighted by atomic mass is 9.70. The van der Waals surface area contributed by atoms with Crippen LogP contribution in [0, 0.1) is 17.2 Å². The Kier molecular flexibility index (Phi) is 3.79. The number of benzene rings is 1. The highest BCUT2D eigenvalue weighted by Gasteiger charge is 2.55. The van der Waals surface area contributed by atoms with Crippen molar-refractivity contribution in [2.45, 2.75) is 57.0 Å². The summed E-state index contributed by atoms with van der Waals surface area (Å²) in [6.45, 7) is 0. The summed E-state index contributed by atoms with van der Waals surface area (Å²) in [6, 6.07) is 4.23. The smallest absolute Gasteiger partial charge is 0.344 e. The Morgan fingerprint density at radius 3 is 2.76 bits per heavy atom. The zero-order valence-electron chi connectivity index (χ0n) is 14.4. The van der Waals surface area contributed by atoms with Gasteiger partial charge in [-0.1, -0.05) is 0 Å². The van der Waals surface area contributed by atoms with E-state index in [1.807, 2.05) is 6.07 Å². The monoisotopic (exact) mass is 339 g/mol. The number of carbonyl (C=O) groups is 2. The van der Waals surface area contributed by atoms with Crippen LogP contribution in [0.3, 0.4) is 0 Å². The highest BCUT2D eigenvalue weighted by Crippen LogP contribution is 2.52. The first-order chi connectivity index (χ1) is 12.1. The largest absolute Gasteiger partial charge is 0.496 e. The first-order valence-corrected chi connectivity index (χ1v) is 9.00. The van der Waals surface area contributed by atoms with Gasteiger partial charge >= 0.3 is 5.97 Å². The number of esters is 1. The molecule has 0 spiro atoms. The molecule has 25 heavy (non-hydrogen) atoms. The van der Waals surface area contributed by atoms with Gasteiger partial charge in [-0.3, -0.25) is 4.79 Å². The van der Waals surface area contributed by atoms with Gasteiger partial charge in [0.2, 0.25) is 5.60 Å². The number of cyclic esters (lactones) is 1. The molecule has 2 unspecified atom stereocenters. The van der Waals surface area contributed by atoms with Crippen LogP contribution in [0.1, 0.15) is 65.6 Å². The maximum absolute atomic E-state index is 12.7. The zero-order valence-corrected chi connectivity index (χ0v) is 14.4. The molecule has 2 aliphatic carbocycles. The molecular weight excluding hydrogens is 318 g/mol. The molecule has 0 N–H and O–H groups in total. The Morgan fingerprint density at radius 2 is 2.04 bits per heavy atom. The molecule has 1 heterocycles. The van der Waals surface area contributed by atoms with E-state index in [1.54, 1.807) is 0 Å². The van der Waals surface area contributed by atoms with Gasteiger partial charge < -0.3 is 9.47 Å². The molecule has 1 fully saturated rings. The van der Waals surface area contributed by atoms with Crippen LogP contribution in [0.15, 0.2) is 6.07 Å². The third-order valence-corrected chi connectivity index (χ3v) is 5.89. The molecule has 4 rings (SSSR count). The number of nitrogens with zero attached hydrogens (tertiary/aromatic N) is 1. The predicted molar refractivity (Wildman–Crippen MR) is 89.3 cm³/mol. The quantitative estimate of drug-likeness (QED) is 0.773. The average Bonchev–Trinajstić information content (AvgIpc) is 2.95. The van der Waals surface area contributed by atoms with Crippen molar-refractivity contribution >= 4 is 11.8 Å². The summed E-state index contributed by atoms with van der Waals surface area (Å²) < 4.78 is 11.2. The van der Waals surface area contributed by atoms with E-state index in [1.165, 1.54) is 7.11 Å². The molecule has 0 radical (unpaired) electrons. The SMILES string of the molecule is COc1cc2c(c3c1C(=O)OC3(C#N)C1CCCC(=O)C1)CCCC2. The molecule has 0 bridgehead atoms. The van der Waals surface area contributed by atoms with E-state index in [0.717, 1.165) is 49.7 Å². The molecule has 0 amide bonds. The van der Waals surface area contributed by atoms with E-state index in [9.17, 15) is 14.9 Å². The van der Waals surface area contributed by atoms with Crippen LogP contribution in [-0.2, 0) is 28.0 Å². The molecule has 5 nitrogen and oxygen atoms in total. The highest BCUT2D eigenvalue weighted by molar-refractivity contribution is 5.99. The van der Waals surface area contributed by atoms with Crippen molar-refractivity contribution in [1.82, 2.24) is 0 Å². The topological polar surface area (TPSA) is 76.4 Å². The summed E-state index contributed by atoms with van der Waals surface area (Å²) in [4.78, 5) is 24.7. The second-order valence-corrected chi connectivity index (χ2v) is 7.24. The van der Waals surface area contributed by atoms with Crippen molar-refractivity contribution in [2.24, 2.45) is 5.92 Å². The molecule has 1 aliphatic heterocycles. The van der Waals surface area contributed by atoms with Gasteiger partial charge in [-0.25, -0.2) is 4.79 Å². The Bertz CT molecular complexity index is 807. The standard InChI is InChI=1S/C20H21NO4/c1-24-16-9-12-5-2-3-8-15(12)18-17(16)19(23)25-20(18,11-21)13-6-4-7-14(22)10-13/h9,13H,2-8,10H2,1H3. The van der Waals surface area contributed by atoms with E-state index in [2.05, 4.69) is 6.07 Å². The molecule has 1 saturated carbocycles. The molecule has 1 aromatic carbocycles. The maximum atomic E-state index is 12.7. The van der Waals surface area contributed by atoms with Gasteiger partial charge in [0, 0.05) is 24.3 Å².